The maximum atomic E-state index is 11.8. The fourth-order valence-corrected chi connectivity index (χ4v) is 3.84. The lowest BCUT2D eigenvalue weighted by molar-refractivity contribution is 0.0696. The highest BCUT2D eigenvalue weighted by Gasteiger charge is 2.19. The molecule has 0 saturated heterocycles. The van der Waals surface area contributed by atoms with E-state index in [9.17, 15) is 15.0 Å². The van der Waals surface area contributed by atoms with Gasteiger partial charge in [-0.2, -0.15) is 15.0 Å². The number of fused-ring (bicyclic) bond motifs is 1. The summed E-state index contributed by atoms with van der Waals surface area (Å²) in [6.45, 7) is 0.704. The van der Waals surface area contributed by atoms with E-state index in [1.165, 1.54) is 6.07 Å². The number of phenols is 1. The van der Waals surface area contributed by atoms with E-state index in [0.717, 1.165) is 11.4 Å². The number of aromatic hydroxyl groups is 1. The van der Waals surface area contributed by atoms with E-state index in [0.29, 0.717) is 23.9 Å². The first-order valence-corrected chi connectivity index (χ1v) is 11.4. The quantitative estimate of drug-likeness (QED) is 0.255. The molecule has 38 heavy (non-hydrogen) atoms. The lowest BCUT2D eigenvalue weighted by Crippen LogP contribution is -2.25. The lowest BCUT2D eigenvalue weighted by Gasteiger charge is -2.22. The Balaban J connectivity index is 1.52. The van der Waals surface area contributed by atoms with Crippen LogP contribution in [0.25, 0.3) is 10.8 Å². The van der Waals surface area contributed by atoms with E-state index >= 15 is 0 Å². The van der Waals surface area contributed by atoms with Gasteiger partial charge in [0.2, 0.25) is 11.9 Å². The number of aromatic nitrogens is 5. The van der Waals surface area contributed by atoms with Gasteiger partial charge in [0.15, 0.2) is 5.75 Å². The Morgan fingerprint density at radius 2 is 1.53 bits per heavy atom. The second kappa shape index (κ2) is 10.6. The largest absolute Gasteiger partial charge is 0.505 e. The van der Waals surface area contributed by atoms with Crippen LogP contribution in [-0.2, 0) is 13.1 Å². The van der Waals surface area contributed by atoms with Gasteiger partial charge in [0.05, 0.1) is 24.5 Å². The number of rotatable bonds is 8. The molecule has 0 atom stereocenters. The number of carboxylic acids is 1. The number of azo groups is 1. The zero-order chi connectivity index (χ0) is 26.5. The fraction of sp³-hybridized carbons (Fsp3) is 0.0769. The number of pyridine rings is 2. The first-order valence-electron chi connectivity index (χ1n) is 11.4. The number of nitrogen functional groups attached to an aromatic ring is 1. The molecule has 0 fully saturated rings. The molecule has 0 amide bonds. The maximum Gasteiger partial charge on any atom is 0.340 e. The SMILES string of the molecule is Nc1nc(/N=N/c2cc3ccccc3c(C(=O)O)c2O)nc(N(Cc2ccccn2)Cc2ccccn2)n1. The molecule has 0 unspecified atom stereocenters. The number of hydrogen-bond acceptors (Lipinski definition) is 11. The van der Waals surface area contributed by atoms with E-state index in [1.807, 2.05) is 41.3 Å². The Hall–Kier alpha value is -5.52. The summed E-state index contributed by atoms with van der Waals surface area (Å²) < 4.78 is 0. The Labute approximate surface area is 216 Å². The minimum absolute atomic E-state index is 0.0551. The minimum atomic E-state index is -1.29. The summed E-state index contributed by atoms with van der Waals surface area (Å²) in [5.41, 5.74) is 7.19. The number of carbonyl (C=O) groups is 1. The summed E-state index contributed by atoms with van der Waals surface area (Å²) in [6, 6.07) is 19.4. The molecule has 5 aromatic rings. The van der Waals surface area contributed by atoms with Crippen LogP contribution in [0.5, 0.6) is 5.75 Å². The molecule has 3 heterocycles. The van der Waals surface area contributed by atoms with Gasteiger partial charge < -0.3 is 20.8 Å². The van der Waals surface area contributed by atoms with E-state index in [1.54, 1.807) is 36.7 Å². The molecule has 12 nitrogen and oxygen atoms in total. The molecule has 4 N–H and O–H groups in total. The molecule has 5 rings (SSSR count). The molecule has 0 spiro atoms. The topological polar surface area (TPSA) is 176 Å². The van der Waals surface area contributed by atoms with Crippen LogP contribution in [0.2, 0.25) is 0 Å². The van der Waals surface area contributed by atoms with Crippen LogP contribution in [-0.4, -0.2) is 41.1 Å². The van der Waals surface area contributed by atoms with Gasteiger partial charge in [-0.1, -0.05) is 36.4 Å². The molecular formula is C26H21N9O3. The smallest absolute Gasteiger partial charge is 0.340 e. The molecule has 0 saturated carbocycles. The molecule has 0 aliphatic carbocycles. The third-order valence-corrected chi connectivity index (χ3v) is 5.53. The van der Waals surface area contributed by atoms with Crippen molar-refractivity contribution in [1.82, 2.24) is 24.9 Å². The van der Waals surface area contributed by atoms with Gasteiger partial charge >= 0.3 is 5.97 Å². The molecule has 0 radical (unpaired) electrons. The van der Waals surface area contributed by atoms with Crippen LogP contribution in [0.3, 0.4) is 0 Å². The highest BCUT2D eigenvalue weighted by Crippen LogP contribution is 2.37. The van der Waals surface area contributed by atoms with Crippen molar-refractivity contribution in [3.05, 3.63) is 96.1 Å². The molecule has 12 heteroatoms. The first-order chi connectivity index (χ1) is 18.5. The zero-order valence-corrected chi connectivity index (χ0v) is 19.9. The van der Waals surface area contributed by atoms with E-state index in [-0.39, 0.29) is 29.1 Å². The highest BCUT2D eigenvalue weighted by atomic mass is 16.4. The van der Waals surface area contributed by atoms with Gasteiger partial charge in [-0.3, -0.25) is 9.97 Å². The molecule has 0 bridgehead atoms. The minimum Gasteiger partial charge on any atom is -0.505 e. The first kappa shape index (κ1) is 24.2. The zero-order valence-electron chi connectivity index (χ0n) is 19.9. The van der Waals surface area contributed by atoms with Gasteiger partial charge in [0.25, 0.3) is 5.95 Å². The van der Waals surface area contributed by atoms with Gasteiger partial charge in [-0.25, -0.2) is 4.79 Å². The van der Waals surface area contributed by atoms with Crippen molar-refractivity contribution in [3.8, 4) is 5.75 Å². The van der Waals surface area contributed by atoms with Crippen LogP contribution in [0.4, 0.5) is 23.5 Å². The highest BCUT2D eigenvalue weighted by molar-refractivity contribution is 6.08. The van der Waals surface area contributed by atoms with Gasteiger partial charge in [-0.15, -0.1) is 10.2 Å². The number of aromatic carboxylic acids is 1. The Kier molecular flexibility index (Phi) is 6.76. The number of nitrogens with two attached hydrogens (primary N) is 1. The Morgan fingerprint density at radius 1 is 0.868 bits per heavy atom. The fourth-order valence-electron chi connectivity index (χ4n) is 3.84. The van der Waals surface area contributed by atoms with Crippen molar-refractivity contribution in [1.29, 1.82) is 0 Å². The number of anilines is 2. The van der Waals surface area contributed by atoms with Crippen molar-refractivity contribution < 1.29 is 15.0 Å². The molecule has 0 aliphatic rings. The van der Waals surface area contributed by atoms with Gasteiger partial charge in [0, 0.05) is 17.8 Å². The number of hydrogen-bond donors (Lipinski definition) is 3. The third-order valence-electron chi connectivity index (χ3n) is 5.53. The van der Waals surface area contributed by atoms with Crippen molar-refractivity contribution in [2.45, 2.75) is 13.1 Å². The summed E-state index contributed by atoms with van der Waals surface area (Å²) in [5.74, 6) is -1.80. The van der Waals surface area contributed by atoms with E-state index in [2.05, 4.69) is 35.1 Å². The average molecular weight is 508 g/mol. The summed E-state index contributed by atoms with van der Waals surface area (Å²) >= 11 is 0. The standard InChI is InChI=1S/C26H21N9O3/c27-24-30-25(34-33-20-13-16-7-1-2-10-19(16)21(22(20)36)23(37)38)32-26(31-24)35(14-17-8-3-5-11-28-17)15-18-9-4-6-12-29-18/h1-13,36H,14-15H2,(H,37,38)(H2,27,30,31,32)/b34-33+. The molecular weight excluding hydrogens is 486 g/mol. The number of benzene rings is 2. The van der Waals surface area contributed by atoms with Crippen molar-refractivity contribution >= 4 is 40.3 Å². The van der Waals surface area contributed by atoms with Crippen LogP contribution in [0, 0.1) is 0 Å². The summed E-state index contributed by atoms with van der Waals surface area (Å²) in [6.07, 6.45) is 3.38. The predicted octanol–water partition coefficient (Wildman–Crippen LogP) is 4.42. The number of carboxylic acid groups (broad SMARTS) is 1. The van der Waals surface area contributed by atoms with Crippen molar-refractivity contribution in [3.63, 3.8) is 0 Å². The average Bonchev–Trinajstić information content (AvgIpc) is 2.92. The van der Waals surface area contributed by atoms with E-state index in [4.69, 9.17) is 5.73 Å². The Bertz CT molecular complexity index is 1590. The summed E-state index contributed by atoms with van der Waals surface area (Å²) in [5, 5.41) is 29.3. The second-order valence-electron chi connectivity index (χ2n) is 8.14. The molecule has 3 aromatic heterocycles. The number of nitrogens with zero attached hydrogens (tertiary/aromatic N) is 8. The maximum absolute atomic E-state index is 11.8. The third kappa shape index (κ3) is 5.33. The van der Waals surface area contributed by atoms with Crippen LogP contribution in [0.15, 0.2) is 89.4 Å². The second-order valence-corrected chi connectivity index (χ2v) is 8.14. The van der Waals surface area contributed by atoms with E-state index < -0.39 is 11.7 Å². The predicted molar refractivity (Wildman–Crippen MR) is 139 cm³/mol. The molecule has 2 aromatic carbocycles. The van der Waals surface area contributed by atoms with Crippen LogP contribution in [0.1, 0.15) is 21.7 Å². The summed E-state index contributed by atoms with van der Waals surface area (Å²) in [7, 11) is 0. The lowest BCUT2D eigenvalue weighted by atomic mass is 10.0. The van der Waals surface area contributed by atoms with Crippen LogP contribution < -0.4 is 10.6 Å². The van der Waals surface area contributed by atoms with Crippen molar-refractivity contribution in [2.75, 3.05) is 10.6 Å². The van der Waals surface area contributed by atoms with Crippen LogP contribution >= 0.6 is 0 Å². The van der Waals surface area contributed by atoms with Gasteiger partial charge in [-0.05, 0) is 35.7 Å². The van der Waals surface area contributed by atoms with Crippen molar-refractivity contribution in [2.24, 2.45) is 10.2 Å². The summed E-state index contributed by atoms with van der Waals surface area (Å²) in [4.78, 5) is 35.1. The van der Waals surface area contributed by atoms with Gasteiger partial charge in [0.1, 0.15) is 11.3 Å². The monoisotopic (exact) mass is 507 g/mol. The Morgan fingerprint density at radius 3 is 2.16 bits per heavy atom. The normalized spacial score (nSPS) is 11.2. The molecule has 0 aliphatic heterocycles. The molecule has 188 valence electrons.